The summed E-state index contributed by atoms with van der Waals surface area (Å²) in [5.41, 5.74) is 6.52. The molecule has 0 radical (unpaired) electrons. The molecule has 0 aromatic heterocycles. The Labute approximate surface area is 131 Å². The minimum Gasteiger partial charge on any atom is -0.329 e. The van der Waals surface area contributed by atoms with Crippen molar-refractivity contribution in [2.24, 2.45) is 11.7 Å². The van der Waals surface area contributed by atoms with Gasteiger partial charge in [0.25, 0.3) is 0 Å². The topological polar surface area (TPSA) is 35.7 Å². The molecule has 2 fully saturated rings. The molecule has 0 aromatic carbocycles. The molecule has 0 amide bonds. The van der Waals surface area contributed by atoms with Crippen LogP contribution in [0, 0.1) is 5.92 Å². The van der Waals surface area contributed by atoms with Crippen molar-refractivity contribution >= 4 is 0 Å². The molecule has 0 spiro atoms. The van der Waals surface area contributed by atoms with Gasteiger partial charge in [0.15, 0.2) is 0 Å². The van der Waals surface area contributed by atoms with E-state index >= 15 is 0 Å². The van der Waals surface area contributed by atoms with Gasteiger partial charge >= 0.3 is 0 Å². The zero-order chi connectivity index (χ0) is 15.5. The molecule has 4 heteroatoms. The maximum Gasteiger partial charge on any atom is 0.0356 e. The number of piperidine rings is 2. The van der Waals surface area contributed by atoms with Gasteiger partial charge in [-0.25, -0.2) is 0 Å². The highest BCUT2D eigenvalue weighted by Crippen LogP contribution is 2.31. The molecular formula is C17H36N4. The van der Waals surface area contributed by atoms with E-state index in [4.69, 9.17) is 5.73 Å². The largest absolute Gasteiger partial charge is 0.329 e. The summed E-state index contributed by atoms with van der Waals surface area (Å²) in [5.74, 6) is 0.770. The summed E-state index contributed by atoms with van der Waals surface area (Å²) in [5, 5.41) is 0. The third kappa shape index (κ3) is 4.19. The predicted octanol–water partition coefficient (Wildman–Crippen LogP) is 1.46. The maximum absolute atomic E-state index is 6.24. The van der Waals surface area contributed by atoms with E-state index in [0.717, 1.165) is 18.5 Å². The van der Waals surface area contributed by atoms with Gasteiger partial charge in [-0.2, -0.15) is 0 Å². The third-order valence-corrected chi connectivity index (χ3v) is 5.66. The molecule has 124 valence electrons. The second-order valence-corrected chi connectivity index (χ2v) is 7.80. The SMILES string of the molecule is CC(C)CN1CCC(CN)(N2CCC(N(C)C)CC2)CC1. The van der Waals surface area contributed by atoms with E-state index < -0.39 is 0 Å². The first-order valence-electron chi connectivity index (χ1n) is 8.81. The minimum atomic E-state index is 0.283. The molecule has 2 N–H and O–H groups in total. The zero-order valence-electron chi connectivity index (χ0n) is 14.6. The molecule has 0 aromatic rings. The summed E-state index contributed by atoms with van der Waals surface area (Å²) in [6, 6.07) is 0.761. The second kappa shape index (κ2) is 7.40. The van der Waals surface area contributed by atoms with Gasteiger partial charge in [0.1, 0.15) is 0 Å². The molecule has 21 heavy (non-hydrogen) atoms. The number of hydrogen-bond donors (Lipinski definition) is 1. The van der Waals surface area contributed by atoms with Gasteiger partial charge in [-0.3, -0.25) is 4.90 Å². The van der Waals surface area contributed by atoms with E-state index in [1.165, 1.54) is 58.4 Å². The average Bonchev–Trinajstić information content (AvgIpc) is 2.48. The second-order valence-electron chi connectivity index (χ2n) is 7.80. The highest BCUT2D eigenvalue weighted by Gasteiger charge is 2.40. The number of likely N-dealkylation sites (tertiary alicyclic amines) is 2. The monoisotopic (exact) mass is 296 g/mol. The summed E-state index contributed by atoms with van der Waals surface area (Å²) in [4.78, 5) is 7.74. The number of nitrogens with two attached hydrogens (primary N) is 1. The first-order chi connectivity index (χ1) is 9.97. The lowest BCUT2D eigenvalue weighted by Crippen LogP contribution is -2.62. The lowest BCUT2D eigenvalue weighted by atomic mass is 9.83. The van der Waals surface area contributed by atoms with Crippen LogP contribution in [0.15, 0.2) is 0 Å². The van der Waals surface area contributed by atoms with Crippen molar-refractivity contribution in [2.45, 2.75) is 51.1 Å². The summed E-state index contributed by atoms with van der Waals surface area (Å²) >= 11 is 0. The van der Waals surface area contributed by atoms with Gasteiger partial charge in [-0.1, -0.05) is 13.8 Å². The fourth-order valence-corrected chi connectivity index (χ4v) is 4.17. The van der Waals surface area contributed by atoms with Crippen LogP contribution in [0.25, 0.3) is 0 Å². The fourth-order valence-electron chi connectivity index (χ4n) is 4.17. The van der Waals surface area contributed by atoms with Crippen LogP contribution in [0.2, 0.25) is 0 Å². The molecule has 2 heterocycles. The fraction of sp³-hybridized carbons (Fsp3) is 1.00. The Bertz CT molecular complexity index is 300. The zero-order valence-corrected chi connectivity index (χ0v) is 14.6. The van der Waals surface area contributed by atoms with E-state index in [1.807, 2.05) is 0 Å². The van der Waals surface area contributed by atoms with Gasteiger partial charge in [0, 0.05) is 37.8 Å². The van der Waals surface area contributed by atoms with E-state index in [1.54, 1.807) is 0 Å². The number of rotatable bonds is 5. The van der Waals surface area contributed by atoms with Crippen molar-refractivity contribution in [3.05, 3.63) is 0 Å². The van der Waals surface area contributed by atoms with E-state index in [2.05, 4.69) is 42.6 Å². The van der Waals surface area contributed by atoms with E-state index in [0.29, 0.717) is 0 Å². The summed E-state index contributed by atoms with van der Waals surface area (Å²) in [7, 11) is 4.42. The average molecular weight is 297 g/mol. The smallest absolute Gasteiger partial charge is 0.0356 e. The van der Waals surface area contributed by atoms with Crippen molar-refractivity contribution in [2.75, 3.05) is 53.4 Å². The van der Waals surface area contributed by atoms with Crippen LogP contribution in [0.4, 0.5) is 0 Å². The standard InChI is InChI=1S/C17H36N4/c1-15(2)13-20-11-7-17(14-18,8-12-20)21-9-5-16(6-10-21)19(3)4/h15-16H,5-14,18H2,1-4H3. The number of nitrogens with zero attached hydrogens (tertiary/aromatic N) is 3. The van der Waals surface area contributed by atoms with Crippen molar-refractivity contribution < 1.29 is 0 Å². The van der Waals surface area contributed by atoms with E-state index in [9.17, 15) is 0 Å². The molecule has 0 bridgehead atoms. The van der Waals surface area contributed by atoms with Crippen LogP contribution in [0.5, 0.6) is 0 Å². The first-order valence-corrected chi connectivity index (χ1v) is 8.81. The molecule has 2 saturated heterocycles. The van der Waals surface area contributed by atoms with Gasteiger partial charge < -0.3 is 15.5 Å². The van der Waals surface area contributed by atoms with Crippen LogP contribution < -0.4 is 5.73 Å². The quantitative estimate of drug-likeness (QED) is 0.833. The molecule has 2 rings (SSSR count). The lowest BCUT2D eigenvalue weighted by molar-refractivity contribution is -0.00203. The normalized spacial score (nSPS) is 25.9. The van der Waals surface area contributed by atoms with Crippen LogP contribution in [-0.4, -0.2) is 79.6 Å². The van der Waals surface area contributed by atoms with Crippen LogP contribution in [-0.2, 0) is 0 Å². The van der Waals surface area contributed by atoms with Crippen molar-refractivity contribution in [3.63, 3.8) is 0 Å². The molecule has 0 aliphatic carbocycles. The van der Waals surface area contributed by atoms with Crippen molar-refractivity contribution in [3.8, 4) is 0 Å². The van der Waals surface area contributed by atoms with Gasteiger partial charge in [0.05, 0.1) is 0 Å². The number of hydrogen-bond acceptors (Lipinski definition) is 4. The Morgan fingerprint density at radius 3 is 2.10 bits per heavy atom. The Balaban J connectivity index is 1.89. The van der Waals surface area contributed by atoms with Crippen molar-refractivity contribution in [1.29, 1.82) is 0 Å². The van der Waals surface area contributed by atoms with Gasteiger partial charge in [-0.05, 0) is 58.8 Å². The summed E-state index contributed by atoms with van der Waals surface area (Å²) in [6.07, 6.45) is 5.10. The predicted molar refractivity (Wildman–Crippen MR) is 90.6 cm³/mol. The highest BCUT2D eigenvalue weighted by atomic mass is 15.3. The summed E-state index contributed by atoms with van der Waals surface area (Å²) in [6.45, 7) is 11.6. The van der Waals surface area contributed by atoms with Crippen LogP contribution >= 0.6 is 0 Å². The first kappa shape index (κ1) is 17.2. The summed E-state index contributed by atoms with van der Waals surface area (Å²) < 4.78 is 0. The molecule has 0 saturated carbocycles. The molecule has 0 unspecified atom stereocenters. The highest BCUT2D eigenvalue weighted by molar-refractivity contribution is 4.98. The lowest BCUT2D eigenvalue weighted by Gasteiger charge is -2.51. The third-order valence-electron chi connectivity index (χ3n) is 5.66. The Morgan fingerprint density at radius 1 is 1.10 bits per heavy atom. The van der Waals surface area contributed by atoms with Gasteiger partial charge in [-0.15, -0.1) is 0 Å². The van der Waals surface area contributed by atoms with Crippen molar-refractivity contribution in [1.82, 2.24) is 14.7 Å². The Kier molecular flexibility index (Phi) is 6.06. The molecule has 2 aliphatic rings. The minimum absolute atomic E-state index is 0.283. The Morgan fingerprint density at radius 2 is 1.67 bits per heavy atom. The van der Waals surface area contributed by atoms with E-state index in [-0.39, 0.29) is 5.54 Å². The van der Waals surface area contributed by atoms with Crippen LogP contribution in [0.3, 0.4) is 0 Å². The Hall–Kier alpha value is -0.160. The van der Waals surface area contributed by atoms with Gasteiger partial charge in [0.2, 0.25) is 0 Å². The maximum atomic E-state index is 6.24. The molecule has 0 atom stereocenters. The van der Waals surface area contributed by atoms with Crippen LogP contribution in [0.1, 0.15) is 39.5 Å². The molecule has 4 nitrogen and oxygen atoms in total. The molecule has 2 aliphatic heterocycles. The molecular weight excluding hydrogens is 260 g/mol.